The topological polar surface area (TPSA) is 64.3 Å². The van der Waals surface area contributed by atoms with E-state index in [2.05, 4.69) is 21.2 Å². The zero-order valence-electron chi connectivity index (χ0n) is 10.2. The maximum atomic E-state index is 12.0. The van der Waals surface area contributed by atoms with Gasteiger partial charge in [-0.1, -0.05) is 6.92 Å². The third-order valence-corrected chi connectivity index (χ3v) is 3.55. The molecule has 0 saturated carbocycles. The SMILES string of the molecule is CCC(C)(OC)C(=O)Nc1ccc(N)c(Br)c1. The maximum absolute atomic E-state index is 12.0. The fraction of sp³-hybridized carbons (Fsp3) is 0.417. The van der Waals surface area contributed by atoms with Gasteiger partial charge >= 0.3 is 0 Å². The lowest BCUT2D eigenvalue weighted by Gasteiger charge is -2.25. The highest BCUT2D eigenvalue weighted by atomic mass is 79.9. The summed E-state index contributed by atoms with van der Waals surface area (Å²) < 4.78 is 5.98. The minimum atomic E-state index is -0.812. The first-order valence-electron chi connectivity index (χ1n) is 5.34. The van der Waals surface area contributed by atoms with E-state index in [9.17, 15) is 4.79 Å². The Morgan fingerprint density at radius 2 is 2.24 bits per heavy atom. The average molecular weight is 301 g/mol. The van der Waals surface area contributed by atoms with Crippen LogP contribution in [-0.4, -0.2) is 18.6 Å². The molecule has 1 unspecified atom stereocenters. The summed E-state index contributed by atoms with van der Waals surface area (Å²) in [6.45, 7) is 3.66. The Labute approximate surface area is 110 Å². The Balaban J connectivity index is 2.84. The largest absolute Gasteiger partial charge is 0.398 e. The average Bonchev–Trinajstić information content (AvgIpc) is 2.32. The molecule has 0 saturated heterocycles. The van der Waals surface area contributed by atoms with E-state index in [1.54, 1.807) is 25.1 Å². The number of benzene rings is 1. The number of nitrogen functional groups attached to an aromatic ring is 1. The van der Waals surface area contributed by atoms with E-state index < -0.39 is 5.60 Å². The van der Waals surface area contributed by atoms with Crippen molar-refractivity contribution in [1.82, 2.24) is 0 Å². The van der Waals surface area contributed by atoms with Gasteiger partial charge in [-0.2, -0.15) is 0 Å². The maximum Gasteiger partial charge on any atom is 0.256 e. The molecule has 0 aliphatic carbocycles. The number of rotatable bonds is 4. The highest BCUT2D eigenvalue weighted by Crippen LogP contribution is 2.24. The number of hydrogen-bond acceptors (Lipinski definition) is 3. The van der Waals surface area contributed by atoms with Crippen molar-refractivity contribution in [1.29, 1.82) is 0 Å². The third-order valence-electron chi connectivity index (χ3n) is 2.86. The molecule has 1 atom stereocenters. The Bertz CT molecular complexity index is 417. The second-order valence-electron chi connectivity index (χ2n) is 3.98. The van der Waals surface area contributed by atoms with E-state index in [1.807, 2.05) is 6.92 Å². The molecule has 0 heterocycles. The number of hydrogen-bond donors (Lipinski definition) is 2. The van der Waals surface area contributed by atoms with Crippen molar-refractivity contribution in [3.05, 3.63) is 22.7 Å². The minimum absolute atomic E-state index is 0.167. The quantitative estimate of drug-likeness (QED) is 0.841. The number of nitrogens with two attached hydrogens (primary N) is 1. The normalized spacial score (nSPS) is 14.1. The minimum Gasteiger partial charge on any atom is -0.398 e. The summed E-state index contributed by atoms with van der Waals surface area (Å²) in [6, 6.07) is 5.25. The van der Waals surface area contributed by atoms with Gasteiger partial charge in [0.15, 0.2) is 0 Å². The van der Waals surface area contributed by atoms with E-state index in [4.69, 9.17) is 10.5 Å². The van der Waals surface area contributed by atoms with Crippen molar-refractivity contribution in [2.45, 2.75) is 25.9 Å². The predicted octanol–water partition coefficient (Wildman–Crippen LogP) is 2.78. The highest BCUT2D eigenvalue weighted by molar-refractivity contribution is 9.10. The Morgan fingerprint density at radius 1 is 1.59 bits per heavy atom. The van der Waals surface area contributed by atoms with Crippen LogP contribution >= 0.6 is 15.9 Å². The second-order valence-corrected chi connectivity index (χ2v) is 4.83. The molecule has 1 rings (SSSR count). The van der Waals surface area contributed by atoms with Crippen LogP contribution in [0.5, 0.6) is 0 Å². The second kappa shape index (κ2) is 5.51. The molecular formula is C12H17BrN2O2. The number of ether oxygens (including phenoxy) is 1. The standard InChI is InChI=1S/C12H17BrN2O2/c1-4-12(2,17-3)11(16)15-8-5-6-10(14)9(13)7-8/h5-7H,4,14H2,1-3H3,(H,15,16). The van der Waals surface area contributed by atoms with Crippen LogP contribution in [0.15, 0.2) is 22.7 Å². The van der Waals surface area contributed by atoms with Crippen LogP contribution in [0.2, 0.25) is 0 Å². The van der Waals surface area contributed by atoms with Gasteiger partial charge < -0.3 is 15.8 Å². The molecule has 1 amide bonds. The zero-order valence-corrected chi connectivity index (χ0v) is 11.8. The van der Waals surface area contributed by atoms with E-state index >= 15 is 0 Å². The predicted molar refractivity (Wildman–Crippen MR) is 72.9 cm³/mol. The Morgan fingerprint density at radius 3 is 2.71 bits per heavy atom. The number of carbonyl (C=O) groups is 1. The van der Waals surface area contributed by atoms with Gasteiger partial charge in [0.1, 0.15) is 5.60 Å². The van der Waals surface area contributed by atoms with Gasteiger partial charge in [0.05, 0.1) is 0 Å². The molecule has 0 aliphatic heterocycles. The molecular weight excluding hydrogens is 284 g/mol. The van der Waals surface area contributed by atoms with Gasteiger partial charge in [-0.15, -0.1) is 0 Å². The van der Waals surface area contributed by atoms with Crippen molar-refractivity contribution in [3.63, 3.8) is 0 Å². The van der Waals surface area contributed by atoms with Gasteiger partial charge in [-0.25, -0.2) is 0 Å². The van der Waals surface area contributed by atoms with Crippen LogP contribution in [-0.2, 0) is 9.53 Å². The number of carbonyl (C=O) groups excluding carboxylic acids is 1. The molecule has 17 heavy (non-hydrogen) atoms. The number of amides is 1. The number of nitrogens with one attached hydrogen (secondary N) is 1. The van der Waals surface area contributed by atoms with Gasteiger partial charge in [0.2, 0.25) is 0 Å². The molecule has 5 heteroatoms. The molecule has 3 N–H and O–H groups in total. The fourth-order valence-electron chi connectivity index (χ4n) is 1.27. The summed E-state index contributed by atoms with van der Waals surface area (Å²) in [5.74, 6) is -0.167. The molecule has 1 aromatic carbocycles. The summed E-state index contributed by atoms with van der Waals surface area (Å²) in [5.41, 5.74) is 6.18. The summed E-state index contributed by atoms with van der Waals surface area (Å²) in [4.78, 5) is 12.0. The first-order valence-corrected chi connectivity index (χ1v) is 6.14. The third kappa shape index (κ3) is 3.20. The lowest BCUT2D eigenvalue weighted by Crippen LogP contribution is -2.41. The van der Waals surface area contributed by atoms with Crippen molar-refractivity contribution in [3.8, 4) is 0 Å². The zero-order chi connectivity index (χ0) is 13.1. The van der Waals surface area contributed by atoms with Crippen LogP contribution < -0.4 is 11.1 Å². The summed E-state index contributed by atoms with van der Waals surface area (Å²) in [7, 11) is 1.53. The highest BCUT2D eigenvalue weighted by Gasteiger charge is 2.30. The van der Waals surface area contributed by atoms with Crippen LogP contribution in [0.1, 0.15) is 20.3 Å². The molecule has 1 aromatic rings. The van der Waals surface area contributed by atoms with Crippen LogP contribution in [0.25, 0.3) is 0 Å². The van der Waals surface area contributed by atoms with Crippen molar-refractivity contribution in [2.75, 3.05) is 18.2 Å². The summed E-state index contributed by atoms with van der Waals surface area (Å²) in [6.07, 6.45) is 0.603. The first-order chi connectivity index (χ1) is 7.92. The monoisotopic (exact) mass is 300 g/mol. The van der Waals surface area contributed by atoms with E-state index in [0.29, 0.717) is 17.8 Å². The fourth-order valence-corrected chi connectivity index (χ4v) is 1.64. The van der Waals surface area contributed by atoms with E-state index in [0.717, 1.165) is 4.47 Å². The van der Waals surface area contributed by atoms with E-state index in [-0.39, 0.29) is 5.91 Å². The van der Waals surface area contributed by atoms with Crippen molar-refractivity contribution < 1.29 is 9.53 Å². The lowest BCUT2D eigenvalue weighted by atomic mass is 10.0. The van der Waals surface area contributed by atoms with Crippen LogP contribution in [0.3, 0.4) is 0 Å². The Hall–Kier alpha value is -1.07. The van der Waals surface area contributed by atoms with Gasteiger partial charge in [-0.3, -0.25) is 4.79 Å². The number of methoxy groups -OCH3 is 1. The molecule has 0 spiro atoms. The summed E-state index contributed by atoms with van der Waals surface area (Å²) >= 11 is 3.31. The molecule has 0 radical (unpaired) electrons. The Kier molecular flexibility index (Phi) is 4.54. The number of anilines is 2. The van der Waals surface area contributed by atoms with Gasteiger partial charge in [-0.05, 0) is 47.5 Å². The summed E-state index contributed by atoms with van der Waals surface area (Å²) in [5, 5.41) is 2.80. The molecule has 4 nitrogen and oxygen atoms in total. The van der Waals surface area contributed by atoms with E-state index in [1.165, 1.54) is 7.11 Å². The van der Waals surface area contributed by atoms with Crippen molar-refractivity contribution in [2.24, 2.45) is 0 Å². The number of halogens is 1. The first kappa shape index (κ1) is 14.0. The molecule has 94 valence electrons. The molecule has 0 bridgehead atoms. The molecule has 0 aromatic heterocycles. The lowest BCUT2D eigenvalue weighted by molar-refractivity contribution is -0.136. The smallest absolute Gasteiger partial charge is 0.256 e. The molecule has 0 aliphatic rings. The van der Waals surface area contributed by atoms with Crippen LogP contribution in [0, 0.1) is 0 Å². The van der Waals surface area contributed by atoms with Gasteiger partial charge in [0.25, 0.3) is 5.91 Å². The van der Waals surface area contributed by atoms with Crippen LogP contribution in [0.4, 0.5) is 11.4 Å². The molecule has 0 fully saturated rings. The van der Waals surface area contributed by atoms with Crippen molar-refractivity contribution >= 4 is 33.2 Å². The van der Waals surface area contributed by atoms with Gasteiger partial charge in [0, 0.05) is 23.0 Å².